The van der Waals surface area contributed by atoms with E-state index in [-0.39, 0.29) is 12.0 Å². The average Bonchev–Trinajstić information content (AvgIpc) is 2.30. The van der Waals surface area contributed by atoms with Gasteiger partial charge in [-0.2, -0.15) is 0 Å². The summed E-state index contributed by atoms with van der Waals surface area (Å²) in [7, 11) is 0. The van der Waals surface area contributed by atoms with E-state index in [4.69, 9.17) is 10.5 Å². The standard InChI is InChI=1S/C14H26N2O2/c1-3-18-9(2)14(17)16-13-10-5-4-6-11(13)8-12(15)7-10/h9-13H,3-8,15H2,1-2H3,(H,16,17). The summed E-state index contributed by atoms with van der Waals surface area (Å²) in [5.74, 6) is 1.18. The molecule has 0 spiro atoms. The molecule has 2 aliphatic rings. The Morgan fingerprint density at radius 1 is 1.39 bits per heavy atom. The molecule has 2 bridgehead atoms. The van der Waals surface area contributed by atoms with Crippen molar-refractivity contribution in [1.82, 2.24) is 5.32 Å². The Labute approximate surface area is 110 Å². The minimum absolute atomic E-state index is 0.0363. The predicted octanol–water partition coefficient (Wildman–Crippen LogP) is 1.43. The van der Waals surface area contributed by atoms with E-state index in [1.165, 1.54) is 19.3 Å². The van der Waals surface area contributed by atoms with Gasteiger partial charge in [-0.3, -0.25) is 4.79 Å². The quantitative estimate of drug-likeness (QED) is 0.798. The molecule has 2 aliphatic carbocycles. The van der Waals surface area contributed by atoms with Crippen LogP contribution < -0.4 is 11.1 Å². The van der Waals surface area contributed by atoms with E-state index < -0.39 is 0 Å². The van der Waals surface area contributed by atoms with Crippen LogP contribution in [0.3, 0.4) is 0 Å². The second-order valence-corrected chi connectivity index (χ2v) is 5.81. The van der Waals surface area contributed by atoms with E-state index in [0.717, 1.165) is 12.8 Å². The first-order chi connectivity index (χ1) is 8.61. The molecule has 0 aliphatic heterocycles. The third-order valence-electron chi connectivity index (χ3n) is 4.47. The maximum absolute atomic E-state index is 12.0. The first-order valence-electron chi connectivity index (χ1n) is 7.29. The number of nitrogens with two attached hydrogens (primary N) is 1. The number of rotatable bonds is 4. The van der Waals surface area contributed by atoms with Crippen molar-refractivity contribution in [3.63, 3.8) is 0 Å². The second kappa shape index (κ2) is 6.02. The monoisotopic (exact) mass is 254 g/mol. The highest BCUT2D eigenvalue weighted by molar-refractivity contribution is 5.80. The van der Waals surface area contributed by atoms with Gasteiger partial charge in [-0.25, -0.2) is 0 Å². The highest BCUT2D eigenvalue weighted by Crippen LogP contribution is 2.39. The van der Waals surface area contributed by atoms with Crippen LogP contribution in [0, 0.1) is 11.8 Å². The van der Waals surface area contributed by atoms with Gasteiger partial charge in [-0.1, -0.05) is 6.42 Å². The van der Waals surface area contributed by atoms with Crippen LogP contribution in [0.4, 0.5) is 0 Å². The van der Waals surface area contributed by atoms with Crippen LogP contribution in [0.15, 0.2) is 0 Å². The molecule has 4 nitrogen and oxygen atoms in total. The lowest BCUT2D eigenvalue weighted by Gasteiger charge is -2.45. The molecule has 3 unspecified atom stereocenters. The maximum atomic E-state index is 12.0. The summed E-state index contributed by atoms with van der Waals surface area (Å²) in [6.07, 6.45) is 5.48. The molecule has 4 heteroatoms. The van der Waals surface area contributed by atoms with Gasteiger partial charge in [0.25, 0.3) is 0 Å². The van der Waals surface area contributed by atoms with Gasteiger partial charge in [0.05, 0.1) is 0 Å². The smallest absolute Gasteiger partial charge is 0.249 e. The Balaban J connectivity index is 1.94. The van der Waals surface area contributed by atoms with Gasteiger partial charge in [0.1, 0.15) is 6.10 Å². The number of amides is 1. The molecule has 3 N–H and O–H groups in total. The van der Waals surface area contributed by atoms with Gasteiger partial charge in [0, 0.05) is 18.7 Å². The van der Waals surface area contributed by atoms with Crippen molar-refractivity contribution in [2.75, 3.05) is 6.61 Å². The summed E-state index contributed by atoms with van der Waals surface area (Å²) in [4.78, 5) is 12.0. The number of hydrogen-bond acceptors (Lipinski definition) is 3. The van der Waals surface area contributed by atoms with E-state index >= 15 is 0 Å². The van der Waals surface area contributed by atoms with E-state index in [0.29, 0.717) is 30.5 Å². The molecule has 3 atom stereocenters. The van der Waals surface area contributed by atoms with Crippen LogP contribution in [0.1, 0.15) is 46.0 Å². The van der Waals surface area contributed by atoms with E-state index in [1.807, 2.05) is 13.8 Å². The van der Waals surface area contributed by atoms with Crippen molar-refractivity contribution < 1.29 is 9.53 Å². The fourth-order valence-corrected chi connectivity index (χ4v) is 3.63. The zero-order valence-electron chi connectivity index (χ0n) is 11.5. The van der Waals surface area contributed by atoms with Crippen molar-refractivity contribution in [3.8, 4) is 0 Å². The molecule has 104 valence electrons. The molecule has 0 saturated heterocycles. The summed E-state index contributed by atoms with van der Waals surface area (Å²) in [5.41, 5.74) is 6.09. The van der Waals surface area contributed by atoms with Gasteiger partial charge in [0.2, 0.25) is 5.91 Å². The topological polar surface area (TPSA) is 64.3 Å². The molecule has 0 aromatic rings. The van der Waals surface area contributed by atoms with Gasteiger partial charge in [-0.15, -0.1) is 0 Å². The number of fused-ring (bicyclic) bond motifs is 2. The zero-order valence-corrected chi connectivity index (χ0v) is 11.5. The summed E-state index contributed by atoms with van der Waals surface area (Å²) in [6, 6.07) is 0.659. The molecular weight excluding hydrogens is 228 g/mol. The van der Waals surface area contributed by atoms with Gasteiger partial charge < -0.3 is 15.8 Å². The summed E-state index contributed by atoms with van der Waals surface area (Å²) in [6.45, 7) is 4.32. The van der Waals surface area contributed by atoms with E-state index in [1.54, 1.807) is 0 Å². The highest BCUT2D eigenvalue weighted by atomic mass is 16.5. The highest BCUT2D eigenvalue weighted by Gasteiger charge is 2.40. The maximum Gasteiger partial charge on any atom is 0.249 e. The predicted molar refractivity (Wildman–Crippen MR) is 71.1 cm³/mol. The number of carbonyl (C=O) groups is 1. The molecule has 18 heavy (non-hydrogen) atoms. The second-order valence-electron chi connectivity index (χ2n) is 5.81. The fourth-order valence-electron chi connectivity index (χ4n) is 3.63. The van der Waals surface area contributed by atoms with E-state index in [2.05, 4.69) is 5.32 Å². The number of hydrogen-bond donors (Lipinski definition) is 2. The van der Waals surface area contributed by atoms with Gasteiger partial charge >= 0.3 is 0 Å². The Hall–Kier alpha value is -0.610. The normalized spacial score (nSPS) is 37.1. The van der Waals surface area contributed by atoms with Crippen molar-refractivity contribution in [1.29, 1.82) is 0 Å². The van der Waals surface area contributed by atoms with E-state index in [9.17, 15) is 4.79 Å². The Morgan fingerprint density at radius 2 is 2.00 bits per heavy atom. The lowest BCUT2D eigenvalue weighted by Crippen LogP contribution is -2.55. The van der Waals surface area contributed by atoms with Crippen LogP contribution >= 0.6 is 0 Å². The van der Waals surface area contributed by atoms with Crippen LogP contribution in [-0.4, -0.2) is 30.7 Å². The minimum Gasteiger partial charge on any atom is -0.369 e. The molecule has 2 fully saturated rings. The first-order valence-corrected chi connectivity index (χ1v) is 7.29. The first kappa shape index (κ1) is 13.8. The van der Waals surface area contributed by atoms with Crippen molar-refractivity contribution >= 4 is 5.91 Å². The van der Waals surface area contributed by atoms with Crippen molar-refractivity contribution in [2.45, 2.75) is 64.1 Å². The number of carbonyl (C=O) groups excluding carboxylic acids is 1. The largest absolute Gasteiger partial charge is 0.369 e. The molecule has 1 amide bonds. The number of nitrogens with one attached hydrogen (secondary N) is 1. The molecule has 0 aromatic heterocycles. The molecule has 2 saturated carbocycles. The van der Waals surface area contributed by atoms with Crippen molar-refractivity contribution in [3.05, 3.63) is 0 Å². The Bertz CT molecular complexity index is 282. The lowest BCUT2D eigenvalue weighted by atomic mass is 9.67. The van der Waals surface area contributed by atoms with Crippen LogP contribution in [0.2, 0.25) is 0 Å². The molecule has 0 aromatic carbocycles. The third kappa shape index (κ3) is 3.04. The Kier molecular flexibility index (Phi) is 4.62. The lowest BCUT2D eigenvalue weighted by molar-refractivity contribution is -0.133. The summed E-state index contributed by atoms with van der Waals surface area (Å²) < 4.78 is 5.35. The summed E-state index contributed by atoms with van der Waals surface area (Å²) >= 11 is 0. The molecule has 2 rings (SSSR count). The van der Waals surface area contributed by atoms with Gasteiger partial charge in [0.15, 0.2) is 0 Å². The van der Waals surface area contributed by atoms with Crippen LogP contribution in [0.25, 0.3) is 0 Å². The molecular formula is C14H26N2O2. The number of ether oxygens (including phenoxy) is 1. The third-order valence-corrected chi connectivity index (χ3v) is 4.47. The Morgan fingerprint density at radius 3 is 2.56 bits per heavy atom. The molecule has 0 radical (unpaired) electrons. The van der Waals surface area contributed by atoms with Crippen LogP contribution in [0.5, 0.6) is 0 Å². The van der Waals surface area contributed by atoms with Gasteiger partial charge in [-0.05, 0) is 51.4 Å². The fraction of sp³-hybridized carbons (Fsp3) is 0.929. The SMILES string of the molecule is CCOC(C)C(=O)NC1C2CCCC1CC(N)C2. The molecule has 0 heterocycles. The average molecular weight is 254 g/mol. The minimum atomic E-state index is -0.341. The van der Waals surface area contributed by atoms with Crippen molar-refractivity contribution in [2.24, 2.45) is 17.6 Å². The summed E-state index contributed by atoms with van der Waals surface area (Å²) in [5, 5.41) is 3.21. The zero-order chi connectivity index (χ0) is 13.1. The van der Waals surface area contributed by atoms with Crippen LogP contribution in [-0.2, 0) is 9.53 Å².